The number of ketones is 2. The summed E-state index contributed by atoms with van der Waals surface area (Å²) in [6.45, 7) is 17.1. The van der Waals surface area contributed by atoms with E-state index in [1.807, 2.05) is 31.0 Å². The zero-order valence-corrected chi connectivity index (χ0v) is 25.5. The molecule has 0 aromatic carbocycles. The second kappa shape index (κ2) is 8.63. The highest BCUT2D eigenvalue weighted by atomic mass is 16.2. The van der Waals surface area contributed by atoms with Crippen LogP contribution < -0.4 is 5.43 Å². The minimum atomic E-state index is -0.651. The van der Waals surface area contributed by atoms with Crippen molar-refractivity contribution in [2.24, 2.45) is 56.7 Å². The van der Waals surface area contributed by atoms with Gasteiger partial charge in [0.05, 0.1) is 5.57 Å². The van der Waals surface area contributed by atoms with E-state index in [-0.39, 0.29) is 57.0 Å². The van der Waals surface area contributed by atoms with E-state index < -0.39 is 10.8 Å². The third-order valence-electron chi connectivity index (χ3n) is 13.8. The summed E-state index contributed by atoms with van der Waals surface area (Å²) in [7, 11) is 0. The molecule has 1 amide bonds. The van der Waals surface area contributed by atoms with Crippen LogP contribution in [0.4, 0.5) is 0 Å². The van der Waals surface area contributed by atoms with E-state index in [1.54, 1.807) is 0 Å². The molecule has 40 heavy (non-hydrogen) atoms. The number of rotatable bonds is 2. The number of nitrogens with zero attached hydrogens (tertiary/aromatic N) is 2. The molecule has 0 spiro atoms. The first-order valence-corrected chi connectivity index (χ1v) is 15.6. The fourth-order valence-electron chi connectivity index (χ4n) is 11.3. The molecule has 0 radical (unpaired) electrons. The summed E-state index contributed by atoms with van der Waals surface area (Å²) < 4.78 is 0. The summed E-state index contributed by atoms with van der Waals surface area (Å²) in [6.07, 6.45) is 10.5. The molecule has 3 saturated carbocycles. The molecular formula is C34H47N3O3. The van der Waals surface area contributed by atoms with Gasteiger partial charge in [-0.15, -0.1) is 0 Å². The largest absolute Gasteiger partial charge is 0.295 e. The molecule has 6 rings (SSSR count). The lowest BCUT2D eigenvalue weighted by Crippen LogP contribution is -2.67. The van der Waals surface area contributed by atoms with Gasteiger partial charge in [-0.25, -0.2) is 5.43 Å². The number of nitrogens with one attached hydrogen (secondary N) is 1. The smallest absolute Gasteiger partial charge is 0.238 e. The normalized spacial score (nSPS) is 47.8. The van der Waals surface area contributed by atoms with Gasteiger partial charge in [0.2, 0.25) is 5.91 Å². The summed E-state index contributed by atoms with van der Waals surface area (Å²) in [5.41, 5.74) is 3.07. The van der Waals surface area contributed by atoms with Crippen LogP contribution in [0.3, 0.4) is 0 Å². The number of nitriles is 1. The zero-order chi connectivity index (χ0) is 29.0. The van der Waals surface area contributed by atoms with Crippen molar-refractivity contribution in [3.8, 4) is 6.07 Å². The van der Waals surface area contributed by atoms with Gasteiger partial charge in [-0.1, -0.05) is 60.1 Å². The molecule has 1 saturated heterocycles. The van der Waals surface area contributed by atoms with E-state index in [2.05, 4.69) is 46.1 Å². The maximum atomic E-state index is 14.6. The first kappa shape index (κ1) is 27.9. The second-order valence-corrected chi connectivity index (χ2v) is 15.7. The van der Waals surface area contributed by atoms with Crippen LogP contribution in [0.15, 0.2) is 23.3 Å². The Morgan fingerprint density at radius 3 is 2.40 bits per heavy atom. The SMILES string of the molecule is C[C@@H]1[C@H]2[C@H]3C(=O)C=C4[C@@]5(C)C=C(C#N)C(=O)C(C)(C)[C@@H]5CC[C@@]4(C)[C@]3(C)CC[C@@]2(CN2NCCC2=O)CC[C@H]1C. The number of allylic oxidation sites excluding steroid dienone is 4. The Kier molecular flexibility index (Phi) is 6.02. The molecule has 6 nitrogen and oxygen atoms in total. The molecule has 1 aliphatic heterocycles. The maximum Gasteiger partial charge on any atom is 0.238 e. The van der Waals surface area contributed by atoms with Crippen molar-refractivity contribution < 1.29 is 14.4 Å². The predicted molar refractivity (Wildman–Crippen MR) is 153 cm³/mol. The van der Waals surface area contributed by atoms with Gasteiger partial charge in [0.25, 0.3) is 0 Å². The minimum Gasteiger partial charge on any atom is -0.295 e. The number of hydrazine groups is 1. The van der Waals surface area contributed by atoms with E-state index in [9.17, 15) is 19.6 Å². The van der Waals surface area contributed by atoms with Gasteiger partial charge in [-0.05, 0) is 84.5 Å². The molecule has 0 unspecified atom stereocenters. The van der Waals surface area contributed by atoms with Crippen LogP contribution in [-0.2, 0) is 14.4 Å². The van der Waals surface area contributed by atoms with Crippen LogP contribution in [0.25, 0.3) is 0 Å². The van der Waals surface area contributed by atoms with Gasteiger partial charge in [-0.3, -0.25) is 19.4 Å². The summed E-state index contributed by atoms with van der Waals surface area (Å²) in [5.74, 6) is 1.45. The predicted octanol–water partition coefficient (Wildman–Crippen LogP) is 5.80. The van der Waals surface area contributed by atoms with Crippen LogP contribution in [0.2, 0.25) is 0 Å². The molecule has 5 aliphatic carbocycles. The molecule has 9 atom stereocenters. The van der Waals surface area contributed by atoms with Gasteiger partial charge in [0, 0.05) is 36.3 Å². The average Bonchev–Trinajstić information content (AvgIpc) is 3.30. The topological polar surface area (TPSA) is 90.3 Å². The van der Waals surface area contributed by atoms with Crippen LogP contribution in [-0.4, -0.2) is 35.6 Å². The van der Waals surface area contributed by atoms with Crippen molar-refractivity contribution in [3.05, 3.63) is 23.3 Å². The Balaban J connectivity index is 1.49. The van der Waals surface area contributed by atoms with Crippen molar-refractivity contribution in [2.45, 2.75) is 93.4 Å². The van der Waals surface area contributed by atoms with Crippen LogP contribution in [0.1, 0.15) is 93.4 Å². The van der Waals surface area contributed by atoms with Crippen molar-refractivity contribution in [2.75, 3.05) is 13.1 Å². The van der Waals surface area contributed by atoms with E-state index in [0.717, 1.165) is 44.1 Å². The Morgan fingerprint density at radius 1 is 1.02 bits per heavy atom. The number of Topliss-reactive ketones (excluding diaryl/α,β-unsaturated/α-hetero) is 1. The van der Waals surface area contributed by atoms with Crippen molar-refractivity contribution >= 4 is 17.5 Å². The number of hydrogen-bond donors (Lipinski definition) is 1. The van der Waals surface area contributed by atoms with E-state index in [4.69, 9.17) is 0 Å². The van der Waals surface area contributed by atoms with Crippen molar-refractivity contribution in [1.29, 1.82) is 5.26 Å². The molecule has 1 N–H and O–H groups in total. The number of fused-ring (bicyclic) bond motifs is 7. The monoisotopic (exact) mass is 545 g/mol. The third-order valence-corrected chi connectivity index (χ3v) is 13.8. The van der Waals surface area contributed by atoms with Crippen LogP contribution in [0.5, 0.6) is 0 Å². The highest BCUT2D eigenvalue weighted by Crippen LogP contribution is 2.74. The lowest BCUT2D eigenvalue weighted by molar-refractivity contribution is -0.182. The van der Waals surface area contributed by atoms with Crippen LogP contribution in [0, 0.1) is 68.0 Å². The fourth-order valence-corrected chi connectivity index (χ4v) is 11.3. The lowest BCUT2D eigenvalue weighted by atomic mass is 9.34. The van der Waals surface area contributed by atoms with Crippen molar-refractivity contribution in [3.63, 3.8) is 0 Å². The molecular weight excluding hydrogens is 498 g/mol. The van der Waals surface area contributed by atoms with E-state index in [1.165, 1.54) is 0 Å². The van der Waals surface area contributed by atoms with Gasteiger partial charge >= 0.3 is 0 Å². The minimum absolute atomic E-state index is 0.0560. The molecule has 0 aromatic rings. The lowest BCUT2D eigenvalue weighted by Gasteiger charge is -2.69. The Morgan fingerprint density at radius 2 is 1.75 bits per heavy atom. The zero-order valence-electron chi connectivity index (χ0n) is 25.5. The Labute approximate surface area is 240 Å². The maximum absolute atomic E-state index is 14.6. The molecule has 6 heteroatoms. The average molecular weight is 546 g/mol. The summed E-state index contributed by atoms with van der Waals surface area (Å²) in [6, 6.07) is 2.20. The molecule has 6 aliphatic rings. The van der Waals surface area contributed by atoms with Gasteiger partial charge < -0.3 is 0 Å². The molecule has 1 heterocycles. The second-order valence-electron chi connectivity index (χ2n) is 15.7. The standard InChI is InChI=1S/C34H47N3O3/c1-20-8-12-34(19-37-26(39)10-15-36-37)14-13-33(7)28(27(34)21(20)2)23(38)16-25-31(5)17-22(18-35)29(40)30(3,4)24(31)9-11-32(25,33)6/h16-17,20-21,24,27-28,36H,8-15,19H2,1-7H3/t20-,21+,24+,27+,28-,31+,32-,33-,34-/m1/s1. The Bertz CT molecular complexity index is 1290. The fraction of sp³-hybridized carbons (Fsp3) is 0.765. The van der Waals surface area contributed by atoms with Crippen LogP contribution >= 0.6 is 0 Å². The number of carbonyl (C=O) groups excluding carboxylic acids is 3. The third kappa shape index (κ3) is 3.33. The molecule has 0 bridgehead atoms. The van der Waals surface area contributed by atoms with Gasteiger partial charge in [0.1, 0.15) is 6.07 Å². The molecule has 4 fully saturated rings. The highest BCUT2D eigenvalue weighted by Gasteiger charge is 2.70. The Hall–Kier alpha value is -2.26. The first-order chi connectivity index (χ1) is 18.7. The molecule has 0 aromatic heterocycles. The van der Waals surface area contributed by atoms with Gasteiger partial charge in [0.15, 0.2) is 11.6 Å². The number of amides is 1. The summed E-state index contributed by atoms with van der Waals surface area (Å²) >= 11 is 0. The summed E-state index contributed by atoms with van der Waals surface area (Å²) in [4.78, 5) is 40.7. The van der Waals surface area contributed by atoms with Crippen molar-refractivity contribution in [1.82, 2.24) is 10.4 Å². The molecule has 216 valence electrons. The number of hydrogen-bond acceptors (Lipinski definition) is 5. The van der Waals surface area contributed by atoms with E-state index >= 15 is 0 Å². The quantitative estimate of drug-likeness (QED) is 0.474. The van der Waals surface area contributed by atoms with E-state index in [0.29, 0.717) is 31.3 Å². The van der Waals surface area contributed by atoms with Gasteiger partial charge in [-0.2, -0.15) is 5.26 Å². The first-order valence-electron chi connectivity index (χ1n) is 15.6. The highest BCUT2D eigenvalue weighted by molar-refractivity contribution is 6.04. The summed E-state index contributed by atoms with van der Waals surface area (Å²) in [5, 5.41) is 11.8. The number of carbonyl (C=O) groups is 3.